The van der Waals surface area contributed by atoms with Crippen molar-refractivity contribution in [3.63, 3.8) is 0 Å². The number of carbonyl (C=O) groups excluding carboxylic acids is 12. The van der Waals surface area contributed by atoms with Crippen LogP contribution in [0.15, 0.2) is 152 Å². The Balaban J connectivity index is 0.000000139. The Labute approximate surface area is 692 Å². The molecule has 4 saturated heterocycles. The van der Waals surface area contributed by atoms with E-state index in [4.69, 9.17) is 42.1 Å². The number of nitrogens with zero attached hydrogens (tertiary/aromatic N) is 5. The molecule has 37 heteroatoms. The molecule has 0 aliphatic carbocycles. The Hall–Kier alpha value is -15.1. The van der Waals surface area contributed by atoms with Crippen LogP contribution >= 0.6 is 23.2 Å². The van der Waals surface area contributed by atoms with Crippen molar-refractivity contribution in [1.29, 1.82) is 0 Å². The Morgan fingerprint density at radius 1 is 0.397 bits per heavy atom. The van der Waals surface area contributed by atoms with Crippen LogP contribution < -0.4 is 61.5 Å². The zero-order valence-electron chi connectivity index (χ0n) is 63.4. The van der Waals surface area contributed by atoms with E-state index < -0.39 is 99.2 Å². The first kappa shape index (κ1) is 83.9. The lowest BCUT2D eigenvalue weighted by Crippen LogP contribution is -2.54. The first-order valence-corrected chi connectivity index (χ1v) is 36.6. The molecular weight excluding hydrogens is 1630 g/mol. The summed E-state index contributed by atoms with van der Waals surface area (Å²) < 4.78 is 100. The van der Waals surface area contributed by atoms with Gasteiger partial charge < -0.3 is 59.8 Å². The molecule has 0 spiro atoms. The SMILES string of the molecule is COc1ccc2c(c1)C(=O)N(C[C@@]1(C#Cc3cc(Cl)ccc3F)NC(=O)NC1=O)C2.COc1ccc2c(c1)C(=O)N(C[C@@]1(C#Cc3cc(F)ccc3Cl)NC(=O)NC1=O)C2.COc1ccc2c(c1)C(=O)N(C[C@@]1(C#Cc3ccc(C(F)(F)F)nc3)NC(=O)NC1=O)C2.COc1ccc2c(c1)C(=O)N(C[C@@]1(C#Cc3ccccc3F)NC(=O)NC1=O)C2. The van der Waals surface area contributed by atoms with Gasteiger partial charge in [-0.2, -0.15) is 13.2 Å². The highest BCUT2D eigenvalue weighted by Crippen LogP contribution is 2.35. The first-order chi connectivity index (χ1) is 57.6. The molecule has 0 bridgehead atoms. The van der Waals surface area contributed by atoms with Gasteiger partial charge in [0, 0.05) is 70.8 Å². The lowest BCUT2D eigenvalue weighted by Gasteiger charge is -2.26. The van der Waals surface area contributed by atoms with Crippen LogP contribution in [0.3, 0.4) is 0 Å². The summed E-state index contributed by atoms with van der Waals surface area (Å²) in [7, 11) is 5.97. The summed E-state index contributed by atoms with van der Waals surface area (Å²) in [6.07, 6.45) is -3.68. The molecule has 1 aromatic heterocycles. The van der Waals surface area contributed by atoms with Crippen LogP contribution in [0.5, 0.6) is 23.0 Å². The van der Waals surface area contributed by atoms with Crippen LogP contribution in [0.25, 0.3) is 0 Å². The number of amides is 16. The Kier molecular flexibility index (Phi) is 23.5. The summed E-state index contributed by atoms with van der Waals surface area (Å²) in [6.45, 7) is 0.0675. The highest BCUT2D eigenvalue weighted by Gasteiger charge is 2.53. The lowest BCUT2D eigenvalue weighted by atomic mass is 9.99. The van der Waals surface area contributed by atoms with Crippen molar-refractivity contribution < 1.29 is 103 Å². The van der Waals surface area contributed by atoms with Gasteiger partial charge in [0.1, 0.15) is 46.1 Å². The maximum absolute atomic E-state index is 14.0. The number of urea groups is 4. The number of nitrogens with one attached hydrogen (secondary N) is 8. The summed E-state index contributed by atoms with van der Waals surface area (Å²) in [5.41, 5.74) is -2.86. The van der Waals surface area contributed by atoms with Crippen LogP contribution in [-0.2, 0) is 51.5 Å². The molecule has 121 heavy (non-hydrogen) atoms. The third kappa shape index (κ3) is 17.8. The number of carbonyl (C=O) groups is 12. The molecule has 0 unspecified atom stereocenters. The van der Waals surface area contributed by atoms with Gasteiger partial charge in [-0.05, 0) is 131 Å². The van der Waals surface area contributed by atoms with Gasteiger partial charge in [0.2, 0.25) is 22.2 Å². The molecule has 4 fully saturated rings. The molecule has 8 aliphatic heterocycles. The van der Waals surface area contributed by atoms with Crippen molar-refractivity contribution in [3.05, 3.63) is 252 Å². The van der Waals surface area contributed by atoms with Crippen LogP contribution in [0.2, 0.25) is 10.0 Å². The number of hydrogen-bond acceptors (Lipinski definition) is 17. The van der Waals surface area contributed by atoms with Crippen LogP contribution in [-0.4, -0.2) is 173 Å². The Morgan fingerprint density at radius 2 is 0.744 bits per heavy atom. The summed E-state index contributed by atoms with van der Waals surface area (Å²) in [5, 5.41) is 18.8. The van der Waals surface area contributed by atoms with Gasteiger partial charge in [0.15, 0.2) is 0 Å². The third-order valence-corrected chi connectivity index (χ3v) is 20.3. The molecule has 8 aliphatic rings. The molecule has 0 radical (unpaired) electrons. The van der Waals surface area contributed by atoms with E-state index in [2.05, 4.69) is 94.9 Å². The number of alkyl halides is 3. The quantitative estimate of drug-likeness (QED) is 0.0339. The number of aromatic nitrogens is 1. The van der Waals surface area contributed by atoms with Crippen molar-refractivity contribution in [2.75, 3.05) is 54.6 Å². The van der Waals surface area contributed by atoms with Crippen LogP contribution in [0, 0.1) is 64.8 Å². The number of fused-ring (bicyclic) bond motifs is 4. The van der Waals surface area contributed by atoms with E-state index in [0.29, 0.717) is 45.3 Å². The highest BCUT2D eigenvalue weighted by atomic mass is 35.5. The first-order valence-electron chi connectivity index (χ1n) is 35.9. The number of rotatable bonds is 12. The van der Waals surface area contributed by atoms with Crippen molar-refractivity contribution in [1.82, 2.24) is 67.1 Å². The van der Waals surface area contributed by atoms with Gasteiger partial charge in [-0.1, -0.05) is 107 Å². The maximum atomic E-state index is 14.0. The van der Waals surface area contributed by atoms with Gasteiger partial charge in [0.05, 0.1) is 70.8 Å². The van der Waals surface area contributed by atoms with Crippen molar-refractivity contribution in [2.45, 2.75) is 54.5 Å². The van der Waals surface area contributed by atoms with Gasteiger partial charge in [0.25, 0.3) is 47.3 Å². The standard InChI is InChI=1S/2C21H15ClFN3O4.C21H15F3N4O4.C21H16FN3O4/c1-30-15-4-2-13-10-26(18(27)16(13)9-15)11-21(19(28)24-20(29)25-21)7-6-12-8-14(23)3-5-17(12)22;1-30-15-4-2-13-10-26(18(27)16(13)9-15)11-21(19(28)24-20(29)25-21)7-6-12-8-14(22)3-5-17(12)23;1-32-14-4-3-13-10-28(17(29)15(13)8-14)11-20(18(30)26-19(31)27-20)7-6-12-2-5-16(25-9-12)21(22,23)24;1-29-15-7-6-14-11-25(18(26)16(14)10-15)12-21(19(27)23-20(28)24-21)9-8-13-4-2-3-5-17(13)22/h2*2-5,8-9H,10-11H2,1H3,(H2,24,25,28,29);2-5,8-9H,10-11H2,1H3,(H2,26,27,30,31);2-7,10H,11-12H2,1H3,(H2,23,24,27,28)/t2*21-;20-;21-/m1111/s1. The average molecular weight is 1690 g/mol. The lowest BCUT2D eigenvalue weighted by molar-refractivity contribution is -0.141. The molecule has 16 rings (SSSR count). The highest BCUT2D eigenvalue weighted by molar-refractivity contribution is 6.32. The fourth-order valence-corrected chi connectivity index (χ4v) is 13.9. The van der Waals surface area contributed by atoms with Crippen molar-refractivity contribution in [3.8, 4) is 70.4 Å². The zero-order valence-corrected chi connectivity index (χ0v) is 64.9. The predicted octanol–water partition coefficient (Wildman–Crippen LogP) is 7.26. The van der Waals surface area contributed by atoms with Crippen molar-refractivity contribution >= 4 is 94.6 Å². The van der Waals surface area contributed by atoms with Crippen molar-refractivity contribution in [2.24, 2.45) is 0 Å². The number of halogens is 8. The topological polar surface area (TPSA) is 364 Å². The molecular formula is C84H61Cl2F6N13O16. The summed E-state index contributed by atoms with van der Waals surface area (Å²) in [5.74, 6) is 17.2. The molecule has 0 saturated carbocycles. The second-order valence-corrected chi connectivity index (χ2v) is 28.5. The fraction of sp³-hybridized carbons (Fsp3) is 0.202. The molecule has 8 N–H and O–H groups in total. The second kappa shape index (κ2) is 33.9. The second-order valence-electron chi connectivity index (χ2n) is 27.6. The number of methoxy groups -OCH3 is 4. The average Bonchev–Trinajstić information content (AvgIpc) is 1.62. The predicted molar refractivity (Wildman–Crippen MR) is 415 cm³/mol. The summed E-state index contributed by atoms with van der Waals surface area (Å²) >= 11 is 11.9. The minimum absolute atomic E-state index is 0.0309. The van der Waals surface area contributed by atoms with E-state index in [0.717, 1.165) is 52.7 Å². The van der Waals surface area contributed by atoms with E-state index in [1.54, 1.807) is 78.9 Å². The molecule has 29 nitrogen and oxygen atoms in total. The summed E-state index contributed by atoms with van der Waals surface area (Å²) in [6, 6.07) is 32.6. The third-order valence-electron chi connectivity index (χ3n) is 19.7. The van der Waals surface area contributed by atoms with Crippen LogP contribution in [0.1, 0.15) is 91.6 Å². The smallest absolute Gasteiger partial charge is 0.433 e. The Bertz CT molecular complexity index is 5870. The number of imide groups is 4. The Morgan fingerprint density at radius 3 is 1.07 bits per heavy atom. The van der Waals surface area contributed by atoms with E-state index >= 15 is 0 Å². The zero-order chi connectivity index (χ0) is 86.6. The molecule has 7 aromatic carbocycles. The largest absolute Gasteiger partial charge is 0.497 e. The molecule has 16 amide bonds. The number of hydrogen-bond donors (Lipinski definition) is 8. The molecule has 9 heterocycles. The number of benzene rings is 7. The number of ether oxygens (including phenoxy) is 4. The van der Waals surface area contributed by atoms with E-state index in [9.17, 15) is 83.9 Å². The fourth-order valence-electron chi connectivity index (χ4n) is 13.5. The normalized spacial score (nSPS) is 19.8. The van der Waals surface area contributed by atoms with Gasteiger partial charge in [-0.25, -0.2) is 32.3 Å². The minimum atomic E-state index is -4.60. The van der Waals surface area contributed by atoms with E-state index in [-0.39, 0.29) is 108 Å². The van der Waals surface area contributed by atoms with E-state index in [1.807, 2.05) is 0 Å². The van der Waals surface area contributed by atoms with Gasteiger partial charge in [-0.3, -0.25) is 64.6 Å². The minimum Gasteiger partial charge on any atom is -0.497 e. The molecule has 8 aromatic rings. The maximum Gasteiger partial charge on any atom is 0.433 e. The van der Waals surface area contributed by atoms with Gasteiger partial charge in [-0.15, -0.1) is 0 Å². The van der Waals surface area contributed by atoms with Crippen LogP contribution in [0.4, 0.5) is 45.5 Å². The monoisotopic (exact) mass is 1690 g/mol. The van der Waals surface area contributed by atoms with Gasteiger partial charge >= 0.3 is 30.3 Å². The summed E-state index contributed by atoms with van der Waals surface area (Å²) in [4.78, 5) is 158. The number of pyridine rings is 1. The van der Waals surface area contributed by atoms with E-state index in [1.165, 1.54) is 90.5 Å². The molecule has 4 atom stereocenters. The molecule has 614 valence electrons.